The molecule has 2 aromatic rings. The largest absolute Gasteiger partial charge is 0.464 e. The zero-order valence-electron chi connectivity index (χ0n) is 10.5. The van der Waals surface area contributed by atoms with Crippen molar-refractivity contribution in [3.63, 3.8) is 0 Å². The maximum atomic E-state index is 13.4. The summed E-state index contributed by atoms with van der Waals surface area (Å²) in [6, 6.07) is 7.63. The zero-order chi connectivity index (χ0) is 14.0. The van der Waals surface area contributed by atoms with Crippen LogP contribution < -0.4 is 5.32 Å². The molecule has 19 heavy (non-hydrogen) atoms. The third-order valence-electron chi connectivity index (χ3n) is 2.72. The van der Waals surface area contributed by atoms with E-state index >= 15 is 0 Å². The quantitative estimate of drug-likeness (QED) is 0.927. The second kappa shape index (κ2) is 5.57. The number of hydrogen-bond donors (Lipinski definition) is 1. The van der Waals surface area contributed by atoms with Gasteiger partial charge in [-0.1, -0.05) is 0 Å². The van der Waals surface area contributed by atoms with Crippen LogP contribution in [0.15, 0.2) is 39.2 Å². The molecular weight excluding hydrogens is 313 g/mol. The lowest BCUT2D eigenvalue weighted by Gasteiger charge is -2.11. The average molecular weight is 326 g/mol. The van der Waals surface area contributed by atoms with Gasteiger partial charge >= 0.3 is 0 Å². The first-order chi connectivity index (χ1) is 8.97. The van der Waals surface area contributed by atoms with Crippen LogP contribution in [0.25, 0.3) is 0 Å². The number of amides is 1. The third kappa shape index (κ3) is 3.23. The van der Waals surface area contributed by atoms with E-state index in [0.717, 1.165) is 5.76 Å². The minimum atomic E-state index is -0.464. The first-order valence-corrected chi connectivity index (χ1v) is 6.59. The van der Waals surface area contributed by atoms with E-state index in [1.54, 1.807) is 6.07 Å². The van der Waals surface area contributed by atoms with Crippen molar-refractivity contribution in [1.82, 2.24) is 5.32 Å². The van der Waals surface area contributed by atoms with Gasteiger partial charge in [0.1, 0.15) is 17.3 Å². The van der Waals surface area contributed by atoms with Gasteiger partial charge in [0, 0.05) is 5.56 Å². The first kappa shape index (κ1) is 13.8. The molecule has 1 aromatic carbocycles. The summed E-state index contributed by atoms with van der Waals surface area (Å²) in [5, 5.41) is 2.76. The number of halogens is 2. The highest BCUT2D eigenvalue weighted by molar-refractivity contribution is 9.10. The Labute approximate surface area is 118 Å². The Morgan fingerprint density at radius 3 is 2.68 bits per heavy atom. The summed E-state index contributed by atoms with van der Waals surface area (Å²) in [6.07, 6.45) is 0. The average Bonchev–Trinajstić information content (AvgIpc) is 2.79. The molecule has 0 saturated carbocycles. The molecule has 3 nitrogen and oxygen atoms in total. The summed E-state index contributed by atoms with van der Waals surface area (Å²) in [7, 11) is 0. The maximum Gasteiger partial charge on any atom is 0.251 e. The molecule has 0 radical (unpaired) electrons. The standard InChI is InChI=1S/C14H13BrFNO2/c1-8-3-6-13(19-8)9(2)17-14(18)10-4-5-11(15)12(16)7-10/h3-7,9H,1-2H3,(H,17,18). The van der Waals surface area contributed by atoms with Crippen molar-refractivity contribution >= 4 is 21.8 Å². The lowest BCUT2D eigenvalue weighted by molar-refractivity contribution is 0.0934. The fourth-order valence-corrected chi connectivity index (χ4v) is 1.92. The van der Waals surface area contributed by atoms with Crippen molar-refractivity contribution < 1.29 is 13.6 Å². The minimum Gasteiger partial charge on any atom is -0.464 e. The number of carbonyl (C=O) groups excluding carboxylic acids is 1. The highest BCUT2D eigenvalue weighted by atomic mass is 79.9. The predicted molar refractivity (Wildman–Crippen MR) is 73.4 cm³/mol. The second-order valence-corrected chi connectivity index (χ2v) is 5.13. The normalized spacial score (nSPS) is 12.2. The summed E-state index contributed by atoms with van der Waals surface area (Å²) < 4.78 is 19.1. The zero-order valence-corrected chi connectivity index (χ0v) is 12.1. The number of benzene rings is 1. The summed E-state index contributed by atoms with van der Waals surface area (Å²) in [4.78, 5) is 12.0. The molecular formula is C14H13BrFNO2. The van der Waals surface area contributed by atoms with Crippen molar-refractivity contribution in [3.8, 4) is 0 Å². The van der Waals surface area contributed by atoms with E-state index in [2.05, 4.69) is 21.2 Å². The molecule has 1 atom stereocenters. The number of carbonyl (C=O) groups is 1. The van der Waals surface area contributed by atoms with Crippen molar-refractivity contribution in [2.75, 3.05) is 0 Å². The second-order valence-electron chi connectivity index (χ2n) is 4.27. The highest BCUT2D eigenvalue weighted by Gasteiger charge is 2.15. The molecule has 0 fully saturated rings. The van der Waals surface area contributed by atoms with Gasteiger partial charge in [-0.15, -0.1) is 0 Å². The van der Waals surface area contributed by atoms with Gasteiger partial charge in [0.2, 0.25) is 0 Å². The number of rotatable bonds is 3. The summed E-state index contributed by atoms with van der Waals surface area (Å²) in [5.41, 5.74) is 0.274. The van der Waals surface area contributed by atoms with Crippen LogP contribution in [0.3, 0.4) is 0 Å². The smallest absolute Gasteiger partial charge is 0.251 e. The van der Waals surface area contributed by atoms with E-state index in [9.17, 15) is 9.18 Å². The van der Waals surface area contributed by atoms with Crippen LogP contribution in [-0.4, -0.2) is 5.91 Å². The van der Waals surface area contributed by atoms with Crippen molar-refractivity contribution in [3.05, 3.63) is 57.7 Å². The monoisotopic (exact) mass is 325 g/mol. The van der Waals surface area contributed by atoms with E-state index in [1.165, 1.54) is 12.1 Å². The molecule has 1 N–H and O–H groups in total. The Balaban J connectivity index is 2.10. The fraction of sp³-hybridized carbons (Fsp3) is 0.214. The van der Waals surface area contributed by atoms with Gasteiger partial charge in [-0.05, 0) is 60.1 Å². The van der Waals surface area contributed by atoms with Gasteiger partial charge in [-0.2, -0.15) is 0 Å². The molecule has 1 heterocycles. The van der Waals surface area contributed by atoms with Crippen LogP contribution in [0, 0.1) is 12.7 Å². The lowest BCUT2D eigenvalue weighted by Crippen LogP contribution is -2.26. The molecule has 100 valence electrons. The van der Waals surface area contributed by atoms with Gasteiger partial charge in [-0.25, -0.2) is 4.39 Å². The summed E-state index contributed by atoms with van der Waals surface area (Å²) in [5.74, 6) is 0.649. The van der Waals surface area contributed by atoms with E-state index in [0.29, 0.717) is 10.2 Å². The third-order valence-corrected chi connectivity index (χ3v) is 3.36. The van der Waals surface area contributed by atoms with Crippen molar-refractivity contribution in [2.24, 2.45) is 0 Å². The molecule has 1 aromatic heterocycles. The van der Waals surface area contributed by atoms with Crippen LogP contribution >= 0.6 is 15.9 Å². The number of aryl methyl sites for hydroxylation is 1. The Hall–Kier alpha value is -1.62. The number of hydrogen-bond acceptors (Lipinski definition) is 2. The number of furan rings is 1. The van der Waals surface area contributed by atoms with Gasteiger partial charge in [0.25, 0.3) is 5.91 Å². The summed E-state index contributed by atoms with van der Waals surface area (Å²) in [6.45, 7) is 3.65. The molecule has 0 aliphatic carbocycles. The molecule has 0 aliphatic heterocycles. The van der Waals surface area contributed by atoms with E-state index in [-0.39, 0.29) is 17.5 Å². The van der Waals surface area contributed by atoms with Crippen LogP contribution in [-0.2, 0) is 0 Å². The van der Waals surface area contributed by atoms with E-state index < -0.39 is 5.82 Å². The minimum absolute atomic E-state index is 0.270. The molecule has 1 amide bonds. The molecule has 0 saturated heterocycles. The predicted octanol–water partition coefficient (Wildman–Crippen LogP) is 3.98. The maximum absolute atomic E-state index is 13.4. The Morgan fingerprint density at radius 1 is 1.37 bits per heavy atom. The van der Waals surface area contributed by atoms with Crippen LogP contribution in [0.2, 0.25) is 0 Å². The molecule has 0 aliphatic rings. The van der Waals surface area contributed by atoms with E-state index in [4.69, 9.17) is 4.42 Å². The molecule has 2 rings (SSSR count). The Bertz CT molecular complexity index is 609. The first-order valence-electron chi connectivity index (χ1n) is 5.79. The molecule has 0 bridgehead atoms. The fourth-order valence-electron chi connectivity index (χ4n) is 1.67. The van der Waals surface area contributed by atoms with Gasteiger partial charge in [0.15, 0.2) is 0 Å². The lowest BCUT2D eigenvalue weighted by atomic mass is 10.2. The van der Waals surface area contributed by atoms with Crippen molar-refractivity contribution in [1.29, 1.82) is 0 Å². The molecule has 1 unspecified atom stereocenters. The highest BCUT2D eigenvalue weighted by Crippen LogP contribution is 2.19. The Morgan fingerprint density at radius 2 is 2.11 bits per heavy atom. The van der Waals surface area contributed by atoms with E-state index in [1.807, 2.05) is 26.0 Å². The summed E-state index contributed by atoms with van der Waals surface area (Å²) >= 11 is 3.05. The molecule has 5 heteroatoms. The van der Waals surface area contributed by atoms with Crippen LogP contribution in [0.5, 0.6) is 0 Å². The molecule has 0 spiro atoms. The van der Waals surface area contributed by atoms with Gasteiger partial charge < -0.3 is 9.73 Å². The SMILES string of the molecule is Cc1ccc(C(C)NC(=O)c2ccc(Br)c(F)c2)o1. The Kier molecular flexibility index (Phi) is 4.04. The van der Waals surface area contributed by atoms with Crippen LogP contribution in [0.1, 0.15) is 34.8 Å². The van der Waals surface area contributed by atoms with Crippen LogP contribution in [0.4, 0.5) is 4.39 Å². The van der Waals surface area contributed by atoms with Gasteiger partial charge in [-0.3, -0.25) is 4.79 Å². The van der Waals surface area contributed by atoms with Crippen molar-refractivity contribution in [2.45, 2.75) is 19.9 Å². The van der Waals surface area contributed by atoms with Gasteiger partial charge in [0.05, 0.1) is 10.5 Å². The topological polar surface area (TPSA) is 42.2 Å². The number of nitrogens with one attached hydrogen (secondary N) is 1.